The van der Waals surface area contributed by atoms with Crippen molar-refractivity contribution in [3.05, 3.63) is 0 Å². The van der Waals surface area contributed by atoms with Gasteiger partial charge >= 0.3 is 0 Å². The zero-order valence-electron chi connectivity index (χ0n) is 6.40. The van der Waals surface area contributed by atoms with Crippen LogP contribution in [0.25, 0.3) is 0 Å². The van der Waals surface area contributed by atoms with Crippen molar-refractivity contribution in [3.63, 3.8) is 0 Å². The largest absolute Gasteiger partial charge is 0.304 e. The molecule has 0 N–H and O–H groups in total. The van der Waals surface area contributed by atoms with E-state index >= 15 is 0 Å². The summed E-state index contributed by atoms with van der Waals surface area (Å²) in [5.41, 5.74) is 0. The highest BCUT2D eigenvalue weighted by molar-refractivity contribution is 4.60. The van der Waals surface area contributed by atoms with Crippen molar-refractivity contribution in [2.75, 3.05) is 19.6 Å². The maximum Gasteiger partial charge on any atom is -0.00189 e. The molecule has 0 saturated carbocycles. The van der Waals surface area contributed by atoms with Crippen LogP contribution in [0, 0.1) is 0 Å². The summed E-state index contributed by atoms with van der Waals surface area (Å²) in [7, 11) is 0. The van der Waals surface area contributed by atoms with Gasteiger partial charge in [-0.15, -0.1) is 0 Å². The molecule has 0 amide bonds. The van der Waals surface area contributed by atoms with Crippen molar-refractivity contribution >= 4 is 0 Å². The van der Waals surface area contributed by atoms with Crippen molar-refractivity contribution in [1.82, 2.24) is 4.90 Å². The predicted octanol–water partition coefficient (Wildman–Crippen LogP) is 2.52. The van der Waals surface area contributed by atoms with Crippen LogP contribution in [0.5, 0.6) is 0 Å². The van der Waals surface area contributed by atoms with Gasteiger partial charge in [0.2, 0.25) is 0 Å². The maximum atomic E-state index is 2.55. The van der Waals surface area contributed by atoms with Gasteiger partial charge in [0.15, 0.2) is 0 Å². The van der Waals surface area contributed by atoms with E-state index in [-0.39, 0.29) is 7.43 Å². The normalized spacial score (nSPS) is 21.3. The van der Waals surface area contributed by atoms with Crippen molar-refractivity contribution in [3.8, 4) is 0 Å². The molecule has 1 aliphatic rings. The molecule has 0 radical (unpaired) electrons. The lowest BCUT2D eigenvalue weighted by atomic mass is 10.2. The van der Waals surface area contributed by atoms with Gasteiger partial charge in [0.25, 0.3) is 0 Å². The van der Waals surface area contributed by atoms with Crippen LogP contribution in [0.15, 0.2) is 0 Å². The van der Waals surface area contributed by atoms with Crippen LogP contribution >= 0.6 is 0 Å². The molecule has 1 aliphatic heterocycles. The lowest BCUT2D eigenvalue weighted by molar-refractivity contribution is 0.301. The number of hydrogen-bond donors (Lipinski definition) is 0. The second-order valence-corrected chi connectivity index (χ2v) is 2.85. The van der Waals surface area contributed by atoms with E-state index in [4.69, 9.17) is 0 Å². The molecule has 0 aliphatic carbocycles. The third kappa shape index (κ3) is 3.21. The maximum absolute atomic E-state index is 2.55. The Hall–Kier alpha value is -0.0400. The van der Waals surface area contributed by atoms with Gasteiger partial charge in [0.1, 0.15) is 0 Å². The van der Waals surface area contributed by atoms with Crippen LogP contribution in [0.2, 0.25) is 0 Å². The van der Waals surface area contributed by atoms with Gasteiger partial charge < -0.3 is 4.90 Å². The molecule has 1 saturated heterocycles. The SMILES string of the molecule is C.CCN1CCCCCC1. The zero-order chi connectivity index (χ0) is 6.53. The van der Waals surface area contributed by atoms with E-state index in [0.717, 1.165) is 0 Å². The summed E-state index contributed by atoms with van der Waals surface area (Å²) in [6.45, 7) is 6.19. The van der Waals surface area contributed by atoms with Crippen molar-refractivity contribution < 1.29 is 0 Å². The van der Waals surface area contributed by atoms with Crippen LogP contribution in [-0.4, -0.2) is 24.5 Å². The first-order valence-electron chi connectivity index (χ1n) is 4.16. The Balaban J connectivity index is 0.000000810. The standard InChI is InChI=1S/C8H17N.CH4/c1-2-9-7-5-3-4-6-8-9;/h2-8H2,1H3;1H4. The van der Waals surface area contributed by atoms with E-state index in [9.17, 15) is 0 Å². The van der Waals surface area contributed by atoms with E-state index in [1.54, 1.807) is 0 Å². The molecule has 62 valence electrons. The first-order chi connectivity index (χ1) is 4.43. The summed E-state index contributed by atoms with van der Waals surface area (Å²) >= 11 is 0. The third-order valence-corrected chi connectivity index (χ3v) is 2.15. The highest BCUT2D eigenvalue weighted by atomic mass is 15.1. The number of rotatable bonds is 1. The molecule has 0 bridgehead atoms. The van der Waals surface area contributed by atoms with Gasteiger partial charge in [-0.05, 0) is 32.5 Å². The fraction of sp³-hybridized carbons (Fsp3) is 1.00. The summed E-state index contributed by atoms with van der Waals surface area (Å²) in [4.78, 5) is 2.55. The molecule has 0 spiro atoms. The summed E-state index contributed by atoms with van der Waals surface area (Å²) in [6.07, 6.45) is 5.76. The van der Waals surface area contributed by atoms with E-state index in [0.29, 0.717) is 0 Å². The summed E-state index contributed by atoms with van der Waals surface area (Å²) in [5.74, 6) is 0. The fourth-order valence-electron chi connectivity index (χ4n) is 1.45. The molecule has 1 heteroatoms. The molecule has 0 aromatic carbocycles. The van der Waals surface area contributed by atoms with Gasteiger partial charge in [-0.25, -0.2) is 0 Å². The molecular formula is C9H21N. The molecule has 1 rings (SSSR count). The Bertz CT molecular complexity index is 63.1. The van der Waals surface area contributed by atoms with Crippen LogP contribution in [0.4, 0.5) is 0 Å². The molecule has 0 unspecified atom stereocenters. The molecular weight excluding hydrogens is 122 g/mol. The minimum atomic E-state index is 0. The van der Waals surface area contributed by atoms with E-state index in [1.807, 2.05) is 0 Å². The van der Waals surface area contributed by atoms with Crippen molar-refractivity contribution in [1.29, 1.82) is 0 Å². The Morgan fingerprint density at radius 1 is 1.00 bits per heavy atom. The Labute approximate surface area is 65.4 Å². The second kappa shape index (κ2) is 5.72. The average Bonchev–Trinajstić information content (AvgIpc) is 2.13. The smallest absolute Gasteiger partial charge is 0.00189 e. The minimum Gasteiger partial charge on any atom is -0.304 e. The molecule has 0 aromatic rings. The van der Waals surface area contributed by atoms with Crippen LogP contribution in [0.1, 0.15) is 40.0 Å². The minimum absolute atomic E-state index is 0. The van der Waals surface area contributed by atoms with Crippen LogP contribution < -0.4 is 0 Å². The van der Waals surface area contributed by atoms with Gasteiger partial charge in [0.05, 0.1) is 0 Å². The predicted molar refractivity (Wildman–Crippen MR) is 47.3 cm³/mol. The molecule has 0 aromatic heterocycles. The highest BCUT2D eigenvalue weighted by Gasteiger charge is 2.04. The summed E-state index contributed by atoms with van der Waals surface area (Å²) < 4.78 is 0. The lowest BCUT2D eigenvalue weighted by Gasteiger charge is -2.15. The van der Waals surface area contributed by atoms with E-state index < -0.39 is 0 Å². The van der Waals surface area contributed by atoms with E-state index in [2.05, 4.69) is 11.8 Å². The second-order valence-electron chi connectivity index (χ2n) is 2.85. The molecule has 10 heavy (non-hydrogen) atoms. The summed E-state index contributed by atoms with van der Waals surface area (Å²) in [6, 6.07) is 0. The Morgan fingerprint density at radius 2 is 1.50 bits per heavy atom. The fourth-order valence-corrected chi connectivity index (χ4v) is 1.45. The zero-order valence-corrected chi connectivity index (χ0v) is 6.40. The van der Waals surface area contributed by atoms with Crippen molar-refractivity contribution in [2.24, 2.45) is 0 Å². The number of nitrogens with zero attached hydrogens (tertiary/aromatic N) is 1. The molecule has 1 heterocycles. The van der Waals surface area contributed by atoms with Gasteiger partial charge in [-0.3, -0.25) is 0 Å². The van der Waals surface area contributed by atoms with Crippen molar-refractivity contribution in [2.45, 2.75) is 40.0 Å². The molecule has 0 atom stereocenters. The number of hydrogen-bond acceptors (Lipinski definition) is 1. The monoisotopic (exact) mass is 143 g/mol. The number of likely N-dealkylation sites (tertiary alicyclic amines) is 1. The topological polar surface area (TPSA) is 3.24 Å². The first kappa shape index (κ1) is 9.96. The molecule has 1 nitrogen and oxygen atoms in total. The summed E-state index contributed by atoms with van der Waals surface area (Å²) in [5, 5.41) is 0. The third-order valence-electron chi connectivity index (χ3n) is 2.15. The lowest BCUT2D eigenvalue weighted by Crippen LogP contribution is -2.23. The van der Waals surface area contributed by atoms with Gasteiger partial charge in [-0.2, -0.15) is 0 Å². The quantitative estimate of drug-likeness (QED) is 0.545. The average molecular weight is 143 g/mol. The van der Waals surface area contributed by atoms with Gasteiger partial charge in [-0.1, -0.05) is 27.2 Å². The van der Waals surface area contributed by atoms with Crippen LogP contribution in [-0.2, 0) is 0 Å². The van der Waals surface area contributed by atoms with Gasteiger partial charge in [0, 0.05) is 0 Å². The highest BCUT2D eigenvalue weighted by Crippen LogP contribution is 2.08. The Morgan fingerprint density at radius 3 is 1.90 bits per heavy atom. The first-order valence-corrected chi connectivity index (χ1v) is 4.16. The molecule has 1 fully saturated rings. The van der Waals surface area contributed by atoms with Crippen LogP contribution in [0.3, 0.4) is 0 Å². The Kier molecular flexibility index (Phi) is 5.70. The van der Waals surface area contributed by atoms with E-state index in [1.165, 1.54) is 45.3 Å².